The van der Waals surface area contributed by atoms with Crippen molar-refractivity contribution in [3.8, 4) is 0 Å². The molecule has 3 aromatic rings. The molecule has 1 atom stereocenters. The summed E-state index contributed by atoms with van der Waals surface area (Å²) in [7, 11) is 0. The van der Waals surface area contributed by atoms with Crippen LogP contribution >= 0.6 is 15.9 Å². The Balaban J connectivity index is 2.15. The largest absolute Gasteiger partial charge is 0.465 e. The minimum atomic E-state index is -0.765. The molecular formula is C13H10BrNO2. The highest BCUT2D eigenvalue weighted by atomic mass is 79.9. The van der Waals surface area contributed by atoms with E-state index >= 15 is 0 Å². The minimum absolute atomic E-state index is 0.527. The molecule has 2 aromatic heterocycles. The number of aliphatic hydroxyl groups excluding tert-OH is 1. The molecule has 0 spiro atoms. The average molecular weight is 292 g/mol. The van der Waals surface area contributed by atoms with Crippen molar-refractivity contribution < 1.29 is 9.52 Å². The first kappa shape index (κ1) is 10.6. The van der Waals surface area contributed by atoms with E-state index in [-0.39, 0.29) is 0 Å². The predicted octanol–water partition coefficient (Wildman–Crippen LogP) is 3.61. The Hall–Kier alpha value is -1.52. The molecule has 1 aromatic carbocycles. The van der Waals surface area contributed by atoms with Crippen LogP contribution in [0.15, 0.2) is 51.7 Å². The second kappa shape index (κ2) is 4.05. The lowest BCUT2D eigenvalue weighted by molar-refractivity contribution is 0.190. The van der Waals surface area contributed by atoms with Crippen LogP contribution in [0, 0.1) is 0 Å². The number of aromatic amines is 1. The molecule has 0 aliphatic rings. The third-order valence-corrected chi connectivity index (χ3v) is 3.47. The quantitative estimate of drug-likeness (QED) is 0.758. The van der Waals surface area contributed by atoms with E-state index in [0.29, 0.717) is 5.76 Å². The first-order valence-corrected chi connectivity index (χ1v) is 6.03. The molecule has 0 aliphatic heterocycles. The van der Waals surface area contributed by atoms with E-state index in [2.05, 4.69) is 20.9 Å². The van der Waals surface area contributed by atoms with Crippen molar-refractivity contribution in [2.24, 2.45) is 0 Å². The predicted molar refractivity (Wildman–Crippen MR) is 68.8 cm³/mol. The normalized spacial score (nSPS) is 13.1. The number of nitrogens with one attached hydrogen (secondary N) is 1. The smallest absolute Gasteiger partial charge is 0.150 e. The second-order valence-corrected chi connectivity index (χ2v) is 4.68. The Morgan fingerprint density at radius 3 is 2.88 bits per heavy atom. The van der Waals surface area contributed by atoms with Crippen molar-refractivity contribution in [1.82, 2.24) is 4.98 Å². The maximum Gasteiger partial charge on any atom is 0.150 e. The summed E-state index contributed by atoms with van der Waals surface area (Å²) in [5, 5.41) is 11.3. The second-order valence-electron chi connectivity index (χ2n) is 3.82. The summed E-state index contributed by atoms with van der Waals surface area (Å²) in [6.07, 6.45) is 2.65. The summed E-state index contributed by atoms with van der Waals surface area (Å²) >= 11 is 3.36. The monoisotopic (exact) mass is 291 g/mol. The van der Waals surface area contributed by atoms with Crippen molar-refractivity contribution in [2.45, 2.75) is 6.10 Å². The third kappa shape index (κ3) is 1.69. The van der Waals surface area contributed by atoms with Gasteiger partial charge in [-0.1, -0.05) is 12.1 Å². The van der Waals surface area contributed by atoms with Crippen LogP contribution < -0.4 is 0 Å². The number of halogens is 1. The van der Waals surface area contributed by atoms with Gasteiger partial charge in [-0.3, -0.25) is 0 Å². The van der Waals surface area contributed by atoms with E-state index in [1.54, 1.807) is 12.3 Å². The Morgan fingerprint density at radius 1 is 1.24 bits per heavy atom. The van der Waals surface area contributed by atoms with Crippen LogP contribution in [0.5, 0.6) is 0 Å². The highest BCUT2D eigenvalue weighted by Crippen LogP contribution is 2.32. The van der Waals surface area contributed by atoms with Crippen LogP contribution in [0.3, 0.4) is 0 Å². The van der Waals surface area contributed by atoms with Gasteiger partial charge in [-0.2, -0.15) is 0 Å². The molecule has 86 valence electrons. The summed E-state index contributed by atoms with van der Waals surface area (Å²) < 4.78 is 6.07. The Kier molecular flexibility index (Phi) is 2.53. The molecule has 0 saturated carbocycles. The summed E-state index contributed by atoms with van der Waals surface area (Å²) in [5.74, 6) is 0.527. The van der Waals surface area contributed by atoms with Gasteiger partial charge in [0, 0.05) is 17.1 Å². The lowest BCUT2D eigenvalue weighted by Gasteiger charge is -2.10. The van der Waals surface area contributed by atoms with Gasteiger partial charge in [-0.25, -0.2) is 0 Å². The van der Waals surface area contributed by atoms with Gasteiger partial charge in [-0.15, -0.1) is 0 Å². The number of furan rings is 1. The van der Waals surface area contributed by atoms with Crippen molar-refractivity contribution in [1.29, 1.82) is 0 Å². The summed E-state index contributed by atoms with van der Waals surface area (Å²) in [4.78, 5) is 3.12. The van der Waals surface area contributed by atoms with Crippen LogP contribution in [0.2, 0.25) is 0 Å². The van der Waals surface area contributed by atoms with Gasteiger partial charge in [0.15, 0.2) is 5.76 Å². The van der Waals surface area contributed by atoms with Crippen LogP contribution in [-0.4, -0.2) is 10.1 Å². The van der Waals surface area contributed by atoms with Gasteiger partial charge in [0.25, 0.3) is 0 Å². The van der Waals surface area contributed by atoms with Crippen molar-refractivity contribution >= 4 is 26.8 Å². The number of hydrogen-bond donors (Lipinski definition) is 2. The van der Waals surface area contributed by atoms with Gasteiger partial charge in [-0.05, 0) is 39.7 Å². The topological polar surface area (TPSA) is 49.2 Å². The summed E-state index contributed by atoms with van der Waals surface area (Å²) in [6.45, 7) is 0. The van der Waals surface area contributed by atoms with E-state index in [4.69, 9.17) is 4.42 Å². The molecule has 0 fully saturated rings. The molecular weight excluding hydrogens is 282 g/mol. The highest BCUT2D eigenvalue weighted by Gasteiger charge is 2.19. The van der Waals surface area contributed by atoms with Gasteiger partial charge in [0.05, 0.1) is 10.7 Å². The molecule has 0 aliphatic carbocycles. The Labute approximate surface area is 106 Å². The van der Waals surface area contributed by atoms with Crippen LogP contribution in [0.4, 0.5) is 0 Å². The molecule has 0 bridgehead atoms. The molecule has 17 heavy (non-hydrogen) atoms. The van der Waals surface area contributed by atoms with Gasteiger partial charge < -0.3 is 14.5 Å². The molecule has 0 radical (unpaired) electrons. The Morgan fingerprint density at radius 2 is 2.12 bits per heavy atom. The van der Waals surface area contributed by atoms with Crippen LogP contribution in [0.1, 0.15) is 17.4 Å². The summed E-state index contributed by atoms with van der Waals surface area (Å²) in [5.41, 5.74) is 1.84. The number of hydrogen-bond acceptors (Lipinski definition) is 2. The highest BCUT2D eigenvalue weighted by molar-refractivity contribution is 9.10. The van der Waals surface area contributed by atoms with Gasteiger partial charge in [0.1, 0.15) is 6.10 Å². The maximum atomic E-state index is 10.3. The maximum absolute atomic E-state index is 10.3. The van der Waals surface area contributed by atoms with Crippen molar-refractivity contribution in [2.75, 3.05) is 0 Å². The van der Waals surface area contributed by atoms with Crippen LogP contribution in [-0.2, 0) is 0 Å². The Bertz CT molecular complexity index is 656. The SMILES string of the molecule is OC(c1occc1Br)c1cccc2[nH]ccc12. The molecule has 1 unspecified atom stereocenters. The molecule has 2 heterocycles. The standard InChI is InChI=1S/C13H10BrNO2/c14-10-5-7-17-13(10)12(16)9-2-1-3-11-8(9)4-6-15-11/h1-7,12,15-16H. The van der Waals surface area contributed by atoms with E-state index in [1.165, 1.54) is 0 Å². The van der Waals surface area contributed by atoms with Crippen LogP contribution in [0.25, 0.3) is 10.9 Å². The first-order valence-electron chi connectivity index (χ1n) is 5.24. The molecule has 3 nitrogen and oxygen atoms in total. The van der Waals surface area contributed by atoms with Crippen molar-refractivity contribution in [3.63, 3.8) is 0 Å². The molecule has 4 heteroatoms. The first-order chi connectivity index (χ1) is 8.27. The fourth-order valence-corrected chi connectivity index (χ4v) is 2.41. The zero-order valence-electron chi connectivity index (χ0n) is 8.85. The molecule has 2 N–H and O–H groups in total. The van der Waals surface area contributed by atoms with Gasteiger partial charge in [0.2, 0.25) is 0 Å². The third-order valence-electron chi connectivity index (χ3n) is 2.82. The fraction of sp³-hybridized carbons (Fsp3) is 0.0769. The van der Waals surface area contributed by atoms with E-state index in [9.17, 15) is 5.11 Å². The van der Waals surface area contributed by atoms with Crippen molar-refractivity contribution in [3.05, 3.63) is 58.6 Å². The molecule has 3 rings (SSSR count). The number of benzene rings is 1. The number of fused-ring (bicyclic) bond motifs is 1. The summed E-state index contributed by atoms with van der Waals surface area (Å²) in [6, 6.07) is 9.51. The van der Waals surface area contributed by atoms with E-state index in [1.807, 2.05) is 30.5 Å². The minimum Gasteiger partial charge on any atom is -0.465 e. The number of rotatable bonds is 2. The molecule has 0 saturated heterocycles. The van der Waals surface area contributed by atoms with Gasteiger partial charge >= 0.3 is 0 Å². The van der Waals surface area contributed by atoms with E-state index in [0.717, 1.165) is 20.9 Å². The lowest BCUT2D eigenvalue weighted by atomic mass is 10.0. The average Bonchev–Trinajstić information content (AvgIpc) is 2.95. The zero-order valence-corrected chi connectivity index (χ0v) is 10.4. The number of H-pyrrole nitrogens is 1. The zero-order chi connectivity index (χ0) is 11.8. The van der Waals surface area contributed by atoms with E-state index < -0.39 is 6.10 Å². The molecule has 0 amide bonds. The number of aromatic nitrogens is 1. The lowest BCUT2D eigenvalue weighted by Crippen LogP contribution is -1.99. The number of aliphatic hydroxyl groups is 1. The fourth-order valence-electron chi connectivity index (χ4n) is 1.99.